The molecule has 2 rings (SSSR count). The maximum Gasteiger partial charge on any atom is 0.341 e. The minimum absolute atomic E-state index is 0.0567. The molecule has 0 aliphatic carbocycles. The number of ether oxygens (including phenoxy) is 1. The number of hydrogen-bond donors (Lipinski definition) is 3. The van der Waals surface area contributed by atoms with Crippen molar-refractivity contribution in [3.8, 4) is 5.75 Å². The summed E-state index contributed by atoms with van der Waals surface area (Å²) in [6.07, 6.45) is 0.0567. The minimum Gasteiger partial charge on any atom is -0.507 e. The standard InChI is InChI=1S/C12H14N2O6S/c1-20-12(17)9-5-8(2-3-10(9)15)21(18,19)14-7-4-11(16)13-6-7/h2-3,5,7,14-15H,4,6H2,1H3,(H,13,16). The summed E-state index contributed by atoms with van der Waals surface area (Å²) >= 11 is 0. The number of hydrogen-bond acceptors (Lipinski definition) is 6. The summed E-state index contributed by atoms with van der Waals surface area (Å²) in [6, 6.07) is 2.74. The van der Waals surface area contributed by atoms with Gasteiger partial charge in [0.2, 0.25) is 15.9 Å². The average Bonchev–Trinajstić information content (AvgIpc) is 2.82. The van der Waals surface area contributed by atoms with Gasteiger partial charge in [0.25, 0.3) is 0 Å². The third kappa shape index (κ3) is 3.31. The summed E-state index contributed by atoms with van der Waals surface area (Å²) < 4.78 is 31.2. The van der Waals surface area contributed by atoms with Gasteiger partial charge < -0.3 is 15.2 Å². The number of benzene rings is 1. The highest BCUT2D eigenvalue weighted by Gasteiger charge is 2.27. The van der Waals surface area contributed by atoms with Crippen molar-refractivity contribution >= 4 is 21.9 Å². The second-order valence-electron chi connectivity index (χ2n) is 4.50. The molecule has 0 spiro atoms. The molecule has 1 heterocycles. The Morgan fingerprint density at radius 1 is 1.48 bits per heavy atom. The number of sulfonamides is 1. The highest BCUT2D eigenvalue weighted by Crippen LogP contribution is 2.22. The van der Waals surface area contributed by atoms with Crippen LogP contribution in [0.2, 0.25) is 0 Å². The van der Waals surface area contributed by atoms with Gasteiger partial charge in [0.05, 0.1) is 12.0 Å². The lowest BCUT2D eigenvalue weighted by Gasteiger charge is -2.12. The molecule has 1 unspecified atom stereocenters. The van der Waals surface area contributed by atoms with Gasteiger partial charge in [-0.2, -0.15) is 0 Å². The predicted octanol–water partition coefficient (Wildman–Crippen LogP) is -0.654. The topological polar surface area (TPSA) is 122 Å². The molecule has 3 N–H and O–H groups in total. The van der Waals surface area contributed by atoms with Crippen LogP contribution < -0.4 is 10.0 Å². The monoisotopic (exact) mass is 314 g/mol. The normalized spacial score (nSPS) is 18.3. The summed E-state index contributed by atoms with van der Waals surface area (Å²) in [6.45, 7) is 0.208. The zero-order valence-electron chi connectivity index (χ0n) is 11.1. The van der Waals surface area contributed by atoms with Crippen LogP contribution in [0.4, 0.5) is 0 Å². The molecule has 1 atom stereocenters. The first kappa shape index (κ1) is 15.3. The number of carbonyl (C=O) groups is 2. The summed E-state index contributed by atoms with van der Waals surface area (Å²) in [5.41, 5.74) is -0.249. The van der Waals surface area contributed by atoms with Crippen molar-refractivity contribution in [2.24, 2.45) is 0 Å². The molecule has 114 valence electrons. The van der Waals surface area contributed by atoms with Crippen LogP contribution in [0.25, 0.3) is 0 Å². The van der Waals surface area contributed by atoms with Gasteiger partial charge >= 0.3 is 5.97 Å². The number of amides is 1. The van der Waals surface area contributed by atoms with E-state index >= 15 is 0 Å². The molecule has 0 bridgehead atoms. The van der Waals surface area contributed by atoms with Crippen LogP contribution in [0.3, 0.4) is 0 Å². The number of phenols is 1. The fraction of sp³-hybridized carbons (Fsp3) is 0.333. The van der Waals surface area contributed by atoms with Gasteiger partial charge in [-0.1, -0.05) is 0 Å². The Labute approximate surface area is 121 Å². The molecule has 1 aliphatic rings. The maximum absolute atomic E-state index is 12.2. The average molecular weight is 314 g/mol. The molecular formula is C12H14N2O6S. The number of phenolic OH excluding ortho intramolecular Hbond substituents is 1. The number of esters is 1. The molecule has 1 aromatic rings. The molecule has 9 heteroatoms. The zero-order chi connectivity index (χ0) is 15.6. The molecule has 1 saturated heterocycles. The van der Waals surface area contributed by atoms with Crippen molar-refractivity contribution in [1.82, 2.24) is 10.0 Å². The zero-order valence-corrected chi connectivity index (χ0v) is 11.9. The molecule has 21 heavy (non-hydrogen) atoms. The quantitative estimate of drug-likeness (QED) is 0.635. The number of nitrogens with one attached hydrogen (secondary N) is 2. The van der Waals surface area contributed by atoms with Crippen molar-refractivity contribution in [1.29, 1.82) is 0 Å². The van der Waals surface area contributed by atoms with Crippen molar-refractivity contribution in [3.05, 3.63) is 23.8 Å². The van der Waals surface area contributed by atoms with Gasteiger partial charge in [-0.3, -0.25) is 4.79 Å². The predicted molar refractivity (Wildman–Crippen MR) is 71.2 cm³/mol. The number of carbonyl (C=O) groups excluding carboxylic acids is 2. The lowest BCUT2D eigenvalue weighted by Crippen LogP contribution is -2.36. The summed E-state index contributed by atoms with van der Waals surface area (Å²) in [5, 5.41) is 12.1. The Hall–Kier alpha value is -2.13. The molecule has 0 radical (unpaired) electrons. The Kier molecular flexibility index (Phi) is 4.14. The van der Waals surface area contributed by atoms with Crippen LogP contribution in [0.1, 0.15) is 16.8 Å². The second kappa shape index (κ2) is 5.70. The molecule has 1 amide bonds. The Bertz CT molecular complexity index is 685. The van der Waals surface area contributed by atoms with E-state index in [1.165, 1.54) is 0 Å². The SMILES string of the molecule is COC(=O)c1cc(S(=O)(=O)NC2CNC(=O)C2)ccc1O. The molecule has 1 aromatic carbocycles. The summed E-state index contributed by atoms with van der Waals surface area (Å²) in [4.78, 5) is 22.3. The summed E-state index contributed by atoms with van der Waals surface area (Å²) in [7, 11) is -2.79. The van der Waals surface area contributed by atoms with Crippen LogP contribution >= 0.6 is 0 Å². The van der Waals surface area contributed by atoms with Gasteiger partial charge in [0, 0.05) is 19.0 Å². The summed E-state index contributed by atoms with van der Waals surface area (Å²) in [5.74, 6) is -1.45. The number of aromatic hydroxyl groups is 1. The molecule has 8 nitrogen and oxygen atoms in total. The van der Waals surface area contributed by atoms with E-state index in [2.05, 4.69) is 14.8 Å². The van der Waals surface area contributed by atoms with Gasteiger partial charge in [-0.05, 0) is 18.2 Å². The Morgan fingerprint density at radius 2 is 2.19 bits per heavy atom. The van der Waals surface area contributed by atoms with Crippen molar-refractivity contribution in [2.45, 2.75) is 17.4 Å². The first-order valence-corrected chi connectivity index (χ1v) is 7.52. The first-order chi connectivity index (χ1) is 9.83. The fourth-order valence-corrected chi connectivity index (χ4v) is 3.19. The van der Waals surface area contributed by atoms with Crippen LogP contribution in [-0.2, 0) is 19.6 Å². The van der Waals surface area contributed by atoms with Crippen molar-refractivity contribution in [2.75, 3.05) is 13.7 Å². The largest absolute Gasteiger partial charge is 0.507 e. The Balaban J connectivity index is 2.28. The molecule has 1 fully saturated rings. The third-order valence-corrected chi connectivity index (χ3v) is 4.50. The van der Waals surface area contributed by atoms with Crippen LogP contribution in [-0.4, -0.2) is 45.1 Å². The van der Waals surface area contributed by atoms with Crippen molar-refractivity contribution < 1.29 is 27.9 Å². The highest BCUT2D eigenvalue weighted by atomic mass is 32.2. The first-order valence-electron chi connectivity index (χ1n) is 6.04. The van der Waals surface area contributed by atoms with Crippen LogP contribution in [0.15, 0.2) is 23.1 Å². The molecular weight excluding hydrogens is 300 g/mol. The number of rotatable bonds is 4. The van der Waals surface area contributed by atoms with E-state index in [9.17, 15) is 23.1 Å². The van der Waals surface area contributed by atoms with E-state index < -0.39 is 22.0 Å². The molecule has 1 aliphatic heterocycles. The fourth-order valence-electron chi connectivity index (χ4n) is 1.93. The lowest BCUT2D eigenvalue weighted by molar-refractivity contribution is -0.119. The van der Waals surface area contributed by atoms with Gasteiger partial charge in [0.1, 0.15) is 11.3 Å². The minimum atomic E-state index is -3.91. The van der Waals surface area contributed by atoms with Crippen LogP contribution in [0.5, 0.6) is 5.75 Å². The molecule has 0 aromatic heterocycles. The highest BCUT2D eigenvalue weighted by molar-refractivity contribution is 7.89. The van der Waals surface area contributed by atoms with Gasteiger partial charge in [-0.25, -0.2) is 17.9 Å². The molecule has 0 saturated carbocycles. The van der Waals surface area contributed by atoms with Crippen molar-refractivity contribution in [3.63, 3.8) is 0 Å². The smallest absolute Gasteiger partial charge is 0.341 e. The Morgan fingerprint density at radius 3 is 2.76 bits per heavy atom. The lowest BCUT2D eigenvalue weighted by atomic mass is 10.2. The second-order valence-corrected chi connectivity index (χ2v) is 6.21. The third-order valence-electron chi connectivity index (χ3n) is 2.98. The van der Waals surface area contributed by atoms with E-state index in [-0.39, 0.29) is 35.1 Å². The number of methoxy groups -OCH3 is 1. The van der Waals surface area contributed by atoms with E-state index in [1.54, 1.807) is 0 Å². The maximum atomic E-state index is 12.2. The van der Waals surface area contributed by atoms with E-state index in [4.69, 9.17) is 0 Å². The van der Waals surface area contributed by atoms with E-state index in [0.717, 1.165) is 25.3 Å². The van der Waals surface area contributed by atoms with E-state index in [1.807, 2.05) is 0 Å². The van der Waals surface area contributed by atoms with E-state index in [0.29, 0.717) is 0 Å². The van der Waals surface area contributed by atoms with Gasteiger partial charge in [0.15, 0.2) is 0 Å². The van der Waals surface area contributed by atoms with Crippen LogP contribution in [0, 0.1) is 0 Å². The van der Waals surface area contributed by atoms with Gasteiger partial charge in [-0.15, -0.1) is 0 Å².